The molecule has 0 aliphatic heterocycles. The molecule has 150 valence electrons. The topological polar surface area (TPSA) is 22.1 Å². The predicted molar refractivity (Wildman–Crippen MR) is 114 cm³/mol. The van der Waals surface area contributed by atoms with Crippen molar-refractivity contribution in [3.05, 3.63) is 23.5 Å². The van der Waals surface area contributed by atoms with Crippen molar-refractivity contribution in [3.8, 4) is 5.75 Å². The van der Waals surface area contributed by atoms with Crippen molar-refractivity contribution >= 4 is 11.6 Å². The van der Waals surface area contributed by atoms with Crippen LogP contribution in [-0.4, -0.2) is 11.6 Å². The van der Waals surface area contributed by atoms with E-state index in [0.717, 1.165) is 18.9 Å². The summed E-state index contributed by atoms with van der Waals surface area (Å²) in [5.74, 6) is 1.58. The molecule has 1 aromatic rings. The molecule has 0 bridgehead atoms. The van der Waals surface area contributed by atoms with Crippen LogP contribution >= 0.6 is 11.6 Å². The highest BCUT2D eigenvalue weighted by Crippen LogP contribution is 2.20. The highest BCUT2D eigenvalue weighted by molar-refractivity contribution is 6.30. The van der Waals surface area contributed by atoms with Gasteiger partial charge in [0.2, 0.25) is 0 Å². The summed E-state index contributed by atoms with van der Waals surface area (Å²) in [4.78, 5) is 4.01. The first kappa shape index (κ1) is 23.3. The third kappa shape index (κ3) is 13.4. The van der Waals surface area contributed by atoms with Crippen LogP contribution in [0.15, 0.2) is 18.3 Å². The third-order valence-corrected chi connectivity index (χ3v) is 5.19. The van der Waals surface area contributed by atoms with Crippen molar-refractivity contribution in [2.75, 3.05) is 6.61 Å². The van der Waals surface area contributed by atoms with Crippen LogP contribution in [0.5, 0.6) is 5.75 Å². The monoisotopic (exact) mass is 381 g/mol. The van der Waals surface area contributed by atoms with Gasteiger partial charge in [-0.2, -0.15) is 0 Å². The molecule has 0 aliphatic rings. The van der Waals surface area contributed by atoms with Gasteiger partial charge in [0.25, 0.3) is 0 Å². The van der Waals surface area contributed by atoms with Gasteiger partial charge >= 0.3 is 0 Å². The lowest BCUT2D eigenvalue weighted by Gasteiger charge is -2.07. The predicted octanol–water partition coefficient (Wildman–Crippen LogP) is 8.23. The van der Waals surface area contributed by atoms with Crippen LogP contribution in [0.4, 0.5) is 0 Å². The van der Waals surface area contributed by atoms with E-state index in [9.17, 15) is 0 Å². The summed E-state index contributed by atoms with van der Waals surface area (Å²) >= 11 is 5.96. The van der Waals surface area contributed by atoms with Gasteiger partial charge in [-0.25, -0.2) is 4.98 Å². The van der Waals surface area contributed by atoms with Crippen molar-refractivity contribution in [2.24, 2.45) is 5.92 Å². The molecular weight excluding hydrogens is 342 g/mol. The Morgan fingerprint density at radius 2 is 1.31 bits per heavy atom. The van der Waals surface area contributed by atoms with Crippen LogP contribution in [-0.2, 0) is 0 Å². The maximum Gasteiger partial charge on any atom is 0.171 e. The van der Waals surface area contributed by atoms with E-state index in [1.54, 1.807) is 6.20 Å². The minimum atomic E-state index is 0.461. The molecule has 0 amide bonds. The second-order valence-electron chi connectivity index (χ2n) is 7.92. The molecule has 1 rings (SSSR count). The summed E-state index contributed by atoms with van der Waals surface area (Å²) in [5.41, 5.74) is 0. The summed E-state index contributed by atoms with van der Waals surface area (Å²) < 4.78 is 5.66. The Morgan fingerprint density at radius 1 is 0.808 bits per heavy atom. The molecule has 0 spiro atoms. The fraction of sp³-hybridized carbons (Fsp3) is 0.783. The molecule has 0 aromatic carbocycles. The zero-order valence-corrected chi connectivity index (χ0v) is 17.9. The largest absolute Gasteiger partial charge is 0.490 e. The third-order valence-electron chi connectivity index (χ3n) is 4.91. The maximum atomic E-state index is 5.96. The Morgan fingerprint density at radius 3 is 1.81 bits per heavy atom. The Balaban J connectivity index is 1.75. The minimum Gasteiger partial charge on any atom is -0.490 e. The van der Waals surface area contributed by atoms with Gasteiger partial charge in [-0.05, 0) is 24.5 Å². The van der Waals surface area contributed by atoms with Gasteiger partial charge in [-0.1, -0.05) is 109 Å². The number of pyridine rings is 1. The van der Waals surface area contributed by atoms with Gasteiger partial charge in [0.1, 0.15) is 0 Å². The average Bonchev–Trinajstić information content (AvgIpc) is 2.62. The van der Waals surface area contributed by atoms with E-state index in [2.05, 4.69) is 18.8 Å². The molecule has 0 fully saturated rings. The van der Waals surface area contributed by atoms with Gasteiger partial charge in [0, 0.05) is 6.20 Å². The van der Waals surface area contributed by atoms with Crippen molar-refractivity contribution < 1.29 is 4.74 Å². The van der Waals surface area contributed by atoms with Crippen molar-refractivity contribution in [3.63, 3.8) is 0 Å². The van der Waals surface area contributed by atoms with Crippen LogP contribution in [0.25, 0.3) is 0 Å². The fourth-order valence-electron chi connectivity index (χ4n) is 3.26. The molecule has 0 unspecified atom stereocenters. The van der Waals surface area contributed by atoms with E-state index >= 15 is 0 Å². The van der Waals surface area contributed by atoms with Crippen LogP contribution in [0.2, 0.25) is 5.15 Å². The number of hydrogen-bond donors (Lipinski definition) is 0. The van der Waals surface area contributed by atoms with Crippen LogP contribution in [0.1, 0.15) is 104 Å². The lowest BCUT2D eigenvalue weighted by molar-refractivity contribution is 0.303. The smallest absolute Gasteiger partial charge is 0.171 e. The summed E-state index contributed by atoms with van der Waals surface area (Å²) in [6.07, 6.45) is 21.0. The lowest BCUT2D eigenvalue weighted by Crippen LogP contribution is -1.98. The van der Waals surface area contributed by atoms with Crippen LogP contribution in [0.3, 0.4) is 0 Å². The number of hydrogen-bond acceptors (Lipinski definition) is 2. The Hall–Kier alpha value is -0.760. The van der Waals surface area contributed by atoms with Gasteiger partial charge in [0.05, 0.1) is 6.61 Å². The van der Waals surface area contributed by atoms with Crippen molar-refractivity contribution in [1.82, 2.24) is 4.98 Å². The molecule has 2 nitrogen and oxygen atoms in total. The summed E-state index contributed by atoms with van der Waals surface area (Å²) in [6, 6.07) is 3.73. The highest BCUT2D eigenvalue weighted by Gasteiger charge is 2.00. The first-order chi connectivity index (χ1) is 12.7. The molecule has 1 heterocycles. The molecule has 0 saturated heterocycles. The molecule has 26 heavy (non-hydrogen) atoms. The zero-order chi connectivity index (χ0) is 18.9. The van der Waals surface area contributed by atoms with Crippen molar-refractivity contribution in [2.45, 2.75) is 104 Å². The fourth-order valence-corrected chi connectivity index (χ4v) is 3.43. The molecular formula is C23H40ClNO. The number of ether oxygens (including phenoxy) is 1. The van der Waals surface area contributed by atoms with Gasteiger partial charge in [-0.15, -0.1) is 0 Å². The normalized spacial score (nSPS) is 11.2. The van der Waals surface area contributed by atoms with E-state index in [1.807, 2.05) is 12.1 Å². The second-order valence-corrected chi connectivity index (χ2v) is 8.28. The lowest BCUT2D eigenvalue weighted by atomic mass is 10.0. The van der Waals surface area contributed by atoms with Gasteiger partial charge < -0.3 is 4.74 Å². The van der Waals surface area contributed by atoms with Crippen LogP contribution in [0, 0.1) is 5.92 Å². The van der Waals surface area contributed by atoms with E-state index < -0.39 is 0 Å². The minimum absolute atomic E-state index is 0.461. The zero-order valence-electron chi connectivity index (χ0n) is 17.1. The summed E-state index contributed by atoms with van der Waals surface area (Å²) in [5, 5.41) is 0.461. The van der Waals surface area contributed by atoms with Crippen LogP contribution < -0.4 is 4.74 Å². The quantitative estimate of drug-likeness (QED) is 0.200. The average molecular weight is 382 g/mol. The van der Waals surface area contributed by atoms with E-state index in [0.29, 0.717) is 10.9 Å². The standard InChI is InChI=1S/C23H40ClNO/c1-21(2)17-14-12-10-8-6-4-3-5-7-9-11-13-15-20-26-22-18-16-19-25-23(22)24/h16,18-19,21H,3-15,17,20H2,1-2H3. The second kappa shape index (κ2) is 16.4. The maximum absolute atomic E-state index is 5.96. The van der Waals surface area contributed by atoms with Gasteiger partial charge in [0.15, 0.2) is 10.9 Å². The van der Waals surface area contributed by atoms with Gasteiger partial charge in [-0.3, -0.25) is 0 Å². The molecule has 3 heteroatoms. The number of unbranched alkanes of at least 4 members (excludes halogenated alkanes) is 12. The van der Waals surface area contributed by atoms with E-state index in [-0.39, 0.29) is 0 Å². The Kier molecular flexibility index (Phi) is 14.7. The Bertz CT molecular complexity index is 436. The van der Waals surface area contributed by atoms with E-state index in [4.69, 9.17) is 16.3 Å². The van der Waals surface area contributed by atoms with Crippen molar-refractivity contribution in [1.29, 1.82) is 0 Å². The molecule has 0 N–H and O–H groups in total. The summed E-state index contributed by atoms with van der Waals surface area (Å²) in [6.45, 7) is 5.39. The molecule has 1 aromatic heterocycles. The first-order valence-corrected chi connectivity index (χ1v) is 11.3. The number of rotatable bonds is 17. The number of aromatic nitrogens is 1. The highest BCUT2D eigenvalue weighted by atomic mass is 35.5. The number of nitrogens with zero attached hydrogens (tertiary/aromatic N) is 1. The molecule has 0 radical (unpaired) electrons. The molecule has 0 aliphatic carbocycles. The molecule has 0 atom stereocenters. The first-order valence-electron chi connectivity index (χ1n) is 10.9. The summed E-state index contributed by atoms with van der Waals surface area (Å²) in [7, 11) is 0. The SMILES string of the molecule is CC(C)CCCCCCCCCCCCCCCOc1cccnc1Cl. The Labute approximate surface area is 167 Å². The van der Waals surface area contributed by atoms with E-state index in [1.165, 1.54) is 83.5 Å². The molecule has 0 saturated carbocycles. The number of halogens is 1.